The van der Waals surface area contributed by atoms with Crippen molar-refractivity contribution in [2.75, 3.05) is 24.7 Å². The minimum absolute atomic E-state index is 0.172. The fourth-order valence-electron chi connectivity index (χ4n) is 5.64. The monoisotopic (exact) mass is 554 g/mol. The molecule has 4 rings (SSSR count). The largest absolute Gasteiger partial charge is 0.466 e. The lowest BCUT2D eigenvalue weighted by atomic mass is 9.70. The van der Waals surface area contributed by atoms with Crippen LogP contribution in [0.5, 0.6) is 0 Å². The molecule has 3 aliphatic heterocycles. The van der Waals surface area contributed by atoms with Crippen LogP contribution in [-0.2, 0) is 23.9 Å². The summed E-state index contributed by atoms with van der Waals surface area (Å²) in [4.78, 5) is 43.6. The Bertz CT molecular complexity index is 990. The van der Waals surface area contributed by atoms with Crippen molar-refractivity contribution in [2.24, 2.45) is 11.8 Å². The van der Waals surface area contributed by atoms with Crippen molar-refractivity contribution in [1.82, 2.24) is 4.90 Å². The molecule has 1 unspecified atom stereocenters. The van der Waals surface area contributed by atoms with Gasteiger partial charge in [-0.15, -0.1) is 6.58 Å². The van der Waals surface area contributed by atoms with Gasteiger partial charge < -0.3 is 24.4 Å². The van der Waals surface area contributed by atoms with E-state index in [1.165, 1.54) is 9.80 Å². The Morgan fingerprint density at radius 1 is 1.44 bits per heavy atom. The smallest absolute Gasteiger partial charge is 0.312 e. The number of rotatable bonds is 8. The van der Waals surface area contributed by atoms with Crippen LogP contribution in [0.3, 0.4) is 0 Å². The van der Waals surface area contributed by atoms with Crippen LogP contribution in [0.2, 0.25) is 5.02 Å². The Morgan fingerprint density at radius 2 is 2.12 bits per heavy atom. The van der Waals surface area contributed by atoms with Crippen molar-refractivity contribution in [3.8, 4) is 0 Å². The highest BCUT2D eigenvalue weighted by molar-refractivity contribution is 9.09. The van der Waals surface area contributed by atoms with E-state index in [-0.39, 0.29) is 36.4 Å². The molecule has 0 aromatic heterocycles. The maximum atomic E-state index is 14.2. The summed E-state index contributed by atoms with van der Waals surface area (Å²) in [5.74, 6) is -2.97. The first-order valence-electron chi connectivity index (χ1n) is 11.3. The summed E-state index contributed by atoms with van der Waals surface area (Å²) < 4.78 is 11.7. The van der Waals surface area contributed by atoms with E-state index in [0.29, 0.717) is 17.1 Å². The molecule has 10 heteroatoms. The molecule has 1 N–H and O–H groups in total. The van der Waals surface area contributed by atoms with Crippen LogP contribution in [-0.4, -0.2) is 76.2 Å². The Labute approximate surface area is 211 Å². The van der Waals surface area contributed by atoms with Gasteiger partial charge in [0.2, 0.25) is 5.91 Å². The predicted octanol–water partition coefficient (Wildman–Crippen LogP) is 2.55. The Kier molecular flexibility index (Phi) is 7.11. The van der Waals surface area contributed by atoms with Gasteiger partial charge in [0.05, 0.1) is 37.2 Å². The van der Waals surface area contributed by atoms with Gasteiger partial charge in [-0.25, -0.2) is 0 Å². The van der Waals surface area contributed by atoms with E-state index >= 15 is 0 Å². The lowest BCUT2D eigenvalue weighted by Gasteiger charge is -2.38. The Hall–Kier alpha value is -1.94. The van der Waals surface area contributed by atoms with Gasteiger partial charge in [-0.2, -0.15) is 0 Å². The number of anilines is 1. The maximum Gasteiger partial charge on any atom is 0.312 e. The summed E-state index contributed by atoms with van der Waals surface area (Å²) >= 11 is 9.65. The zero-order valence-electron chi connectivity index (χ0n) is 19.0. The van der Waals surface area contributed by atoms with Crippen molar-refractivity contribution < 1.29 is 29.0 Å². The molecule has 0 radical (unpaired) electrons. The first-order chi connectivity index (χ1) is 16.2. The summed E-state index contributed by atoms with van der Waals surface area (Å²) in [5, 5.41) is 10.5. The number of ether oxygens (including phenoxy) is 2. The molecule has 34 heavy (non-hydrogen) atoms. The van der Waals surface area contributed by atoms with Gasteiger partial charge in [-0.1, -0.05) is 33.6 Å². The minimum atomic E-state index is -1.22. The third-order valence-corrected chi connectivity index (χ3v) is 8.07. The summed E-state index contributed by atoms with van der Waals surface area (Å²) in [6.07, 6.45) is 1.38. The van der Waals surface area contributed by atoms with Crippen LogP contribution in [0, 0.1) is 11.8 Å². The van der Waals surface area contributed by atoms with Crippen LogP contribution in [0.15, 0.2) is 36.9 Å². The molecule has 1 aromatic carbocycles. The van der Waals surface area contributed by atoms with E-state index in [1.807, 2.05) is 0 Å². The first kappa shape index (κ1) is 25.2. The van der Waals surface area contributed by atoms with Crippen LogP contribution in [0.1, 0.15) is 20.3 Å². The topological polar surface area (TPSA) is 96.4 Å². The van der Waals surface area contributed by atoms with Crippen LogP contribution in [0.4, 0.5) is 5.69 Å². The molecule has 3 saturated heterocycles. The van der Waals surface area contributed by atoms with E-state index in [4.69, 9.17) is 21.1 Å². The number of esters is 1. The predicted molar refractivity (Wildman–Crippen MR) is 130 cm³/mol. The van der Waals surface area contributed by atoms with Gasteiger partial charge in [-0.05, 0) is 44.5 Å². The van der Waals surface area contributed by atoms with Crippen LogP contribution < -0.4 is 4.90 Å². The van der Waals surface area contributed by atoms with Crippen molar-refractivity contribution in [3.05, 3.63) is 41.9 Å². The number of carbonyl (C=O) groups is 3. The average molecular weight is 556 g/mol. The zero-order chi connectivity index (χ0) is 24.8. The third-order valence-electron chi connectivity index (χ3n) is 6.97. The van der Waals surface area contributed by atoms with Gasteiger partial charge >= 0.3 is 5.97 Å². The average Bonchev–Trinajstić information content (AvgIpc) is 3.41. The van der Waals surface area contributed by atoms with E-state index in [1.54, 1.807) is 44.2 Å². The standard InChI is InChI=1S/C24H28BrClN2O6/c1-4-10-27(15-8-6-14(26)7-9-15)22(31)20-24-11-16(25)19(34-24)17(23(32)33-5-2)18(24)21(30)28(20)13(3)12-29/h4,6-9,13,16-20,29H,1,5,10-12H2,2-3H3/t13-,16?,17+,18-,19+,20+,24-/m1/s1. The molecule has 3 fully saturated rings. The number of likely N-dealkylation sites (tertiary alicyclic amines) is 1. The molecule has 8 nitrogen and oxygen atoms in total. The molecule has 2 amide bonds. The van der Waals surface area contributed by atoms with Crippen LogP contribution in [0.25, 0.3) is 0 Å². The molecule has 7 atom stereocenters. The second kappa shape index (κ2) is 9.60. The van der Waals surface area contributed by atoms with Gasteiger partial charge in [0, 0.05) is 22.1 Å². The highest BCUT2D eigenvalue weighted by Gasteiger charge is 2.77. The molecule has 2 bridgehead atoms. The van der Waals surface area contributed by atoms with E-state index in [0.717, 1.165) is 0 Å². The third kappa shape index (κ3) is 3.77. The van der Waals surface area contributed by atoms with Gasteiger partial charge in [0.15, 0.2) is 0 Å². The number of carbonyl (C=O) groups excluding carboxylic acids is 3. The summed E-state index contributed by atoms with van der Waals surface area (Å²) in [6, 6.07) is 5.11. The van der Waals surface area contributed by atoms with E-state index in [2.05, 4.69) is 22.5 Å². The summed E-state index contributed by atoms with van der Waals surface area (Å²) in [5.41, 5.74) is -0.636. The SMILES string of the molecule is C=CCN(C(=O)[C@@H]1N([C@H](C)CO)C(=O)[C@H]2[C@H](C(=O)OCC)[C@H]3O[C@@]12CC3Br)c1ccc(Cl)cc1. The number of hydrogen-bond acceptors (Lipinski definition) is 6. The molecular weight excluding hydrogens is 528 g/mol. The fraction of sp³-hybridized carbons (Fsp3) is 0.542. The highest BCUT2D eigenvalue weighted by Crippen LogP contribution is 2.60. The number of aliphatic hydroxyl groups excluding tert-OH is 1. The van der Waals surface area contributed by atoms with Crippen molar-refractivity contribution in [2.45, 2.75) is 48.9 Å². The van der Waals surface area contributed by atoms with Crippen molar-refractivity contribution in [1.29, 1.82) is 0 Å². The number of benzene rings is 1. The first-order valence-corrected chi connectivity index (χ1v) is 12.6. The van der Waals surface area contributed by atoms with Crippen molar-refractivity contribution >= 4 is 51.0 Å². The number of hydrogen-bond donors (Lipinski definition) is 1. The lowest BCUT2D eigenvalue weighted by Crippen LogP contribution is -2.58. The number of amides is 2. The number of halogens is 2. The van der Waals surface area contributed by atoms with Crippen LogP contribution >= 0.6 is 27.5 Å². The molecule has 3 aliphatic rings. The van der Waals surface area contributed by atoms with Gasteiger partial charge in [-0.3, -0.25) is 14.4 Å². The fourth-order valence-corrected chi connectivity index (χ4v) is 6.71. The highest BCUT2D eigenvalue weighted by atomic mass is 79.9. The molecule has 184 valence electrons. The van der Waals surface area contributed by atoms with Gasteiger partial charge in [0.1, 0.15) is 11.6 Å². The molecule has 0 saturated carbocycles. The van der Waals surface area contributed by atoms with E-state index in [9.17, 15) is 19.5 Å². The molecule has 1 aromatic rings. The number of fused-ring (bicyclic) bond motifs is 1. The quantitative estimate of drug-likeness (QED) is 0.301. The number of alkyl halides is 1. The molecule has 3 heterocycles. The molecular formula is C24H28BrClN2O6. The number of aliphatic hydroxyl groups is 1. The zero-order valence-corrected chi connectivity index (χ0v) is 21.4. The van der Waals surface area contributed by atoms with Gasteiger partial charge in [0.25, 0.3) is 5.91 Å². The summed E-state index contributed by atoms with van der Waals surface area (Å²) in [7, 11) is 0. The number of nitrogens with zero attached hydrogens (tertiary/aromatic N) is 2. The summed E-state index contributed by atoms with van der Waals surface area (Å²) in [6.45, 7) is 7.18. The molecule has 1 spiro atoms. The van der Waals surface area contributed by atoms with Crippen molar-refractivity contribution in [3.63, 3.8) is 0 Å². The van der Waals surface area contributed by atoms with E-state index < -0.39 is 41.6 Å². The molecule has 0 aliphatic carbocycles. The normalized spacial score (nSPS) is 32.4. The maximum absolute atomic E-state index is 14.2. The lowest BCUT2D eigenvalue weighted by molar-refractivity contribution is -0.155. The minimum Gasteiger partial charge on any atom is -0.466 e. The second-order valence-electron chi connectivity index (χ2n) is 8.91. The Morgan fingerprint density at radius 3 is 2.71 bits per heavy atom. The Balaban J connectivity index is 1.81. The second-order valence-corrected chi connectivity index (χ2v) is 10.5.